The molecule has 0 unspecified atom stereocenters. The van der Waals surface area contributed by atoms with Crippen molar-refractivity contribution in [1.82, 2.24) is 20.4 Å². The molecule has 1 aromatic heterocycles. The Hall–Kier alpha value is -3.41. The molecule has 6 heteroatoms. The van der Waals surface area contributed by atoms with Crippen LogP contribution < -0.4 is 5.32 Å². The number of benzene rings is 2. The van der Waals surface area contributed by atoms with E-state index in [2.05, 4.69) is 51.9 Å². The molecule has 1 saturated heterocycles. The Balaban J connectivity index is 1.57. The highest BCUT2D eigenvalue weighted by molar-refractivity contribution is 5.96. The third-order valence-corrected chi connectivity index (χ3v) is 6.21. The summed E-state index contributed by atoms with van der Waals surface area (Å²) in [4.78, 5) is 28.2. The van der Waals surface area contributed by atoms with Crippen molar-refractivity contribution in [2.75, 3.05) is 13.1 Å². The lowest BCUT2D eigenvalue weighted by Gasteiger charge is -2.29. The van der Waals surface area contributed by atoms with Gasteiger partial charge in [-0.3, -0.25) is 14.7 Å². The van der Waals surface area contributed by atoms with E-state index in [1.54, 1.807) is 11.1 Å². The van der Waals surface area contributed by atoms with Crippen LogP contribution in [0.3, 0.4) is 0 Å². The maximum absolute atomic E-state index is 13.3. The van der Waals surface area contributed by atoms with Gasteiger partial charge in [0.2, 0.25) is 5.91 Å². The first kappa shape index (κ1) is 21.8. The van der Waals surface area contributed by atoms with Crippen LogP contribution in [0.5, 0.6) is 0 Å². The van der Waals surface area contributed by atoms with Gasteiger partial charge in [-0.25, -0.2) is 0 Å². The number of carbonyl (C=O) groups is 2. The summed E-state index contributed by atoms with van der Waals surface area (Å²) in [6.07, 6.45) is 2.79. The molecule has 1 fully saturated rings. The molecule has 0 spiro atoms. The molecule has 1 aliphatic heterocycles. The van der Waals surface area contributed by atoms with Crippen molar-refractivity contribution in [2.24, 2.45) is 5.41 Å². The smallest absolute Gasteiger partial charge is 0.257 e. The maximum atomic E-state index is 13.3. The highest BCUT2D eigenvalue weighted by Gasteiger charge is 2.46. The minimum atomic E-state index is -0.647. The van der Waals surface area contributed by atoms with Crippen LogP contribution in [0, 0.1) is 12.3 Å². The summed E-state index contributed by atoms with van der Waals surface area (Å²) < 4.78 is 0. The van der Waals surface area contributed by atoms with Gasteiger partial charge in [-0.1, -0.05) is 54.6 Å². The molecule has 1 aliphatic rings. The number of amides is 2. The number of H-pyrrole nitrogens is 1. The van der Waals surface area contributed by atoms with Crippen molar-refractivity contribution in [3.05, 3.63) is 77.6 Å². The molecule has 2 N–H and O–H groups in total. The van der Waals surface area contributed by atoms with Crippen LogP contribution in [-0.2, 0) is 11.2 Å². The summed E-state index contributed by atoms with van der Waals surface area (Å²) in [7, 11) is 0. The number of aromatic amines is 1. The first-order chi connectivity index (χ1) is 15.4. The average Bonchev–Trinajstić information content (AvgIpc) is 3.41. The Kier molecular flexibility index (Phi) is 6.12. The number of hydrogen-bond acceptors (Lipinski definition) is 3. The fourth-order valence-electron chi connectivity index (χ4n) is 4.44. The molecular formula is C26H30N4O2. The summed E-state index contributed by atoms with van der Waals surface area (Å²) in [5, 5.41) is 9.89. The molecule has 0 bridgehead atoms. The minimum absolute atomic E-state index is 0.0128. The second-order valence-electron chi connectivity index (χ2n) is 9.03. The molecule has 32 heavy (non-hydrogen) atoms. The molecule has 2 aromatic carbocycles. The molecule has 0 radical (unpaired) electrons. The zero-order chi connectivity index (χ0) is 22.7. The van der Waals surface area contributed by atoms with Gasteiger partial charge in [0.15, 0.2) is 0 Å². The third kappa shape index (κ3) is 4.44. The number of likely N-dealkylation sites (tertiary alicyclic amines) is 1. The molecule has 2 heterocycles. The van der Waals surface area contributed by atoms with Crippen LogP contribution in [-0.4, -0.2) is 46.0 Å². The minimum Gasteiger partial charge on any atom is -0.353 e. The first-order valence-electron chi connectivity index (χ1n) is 11.1. The summed E-state index contributed by atoms with van der Waals surface area (Å²) in [6, 6.07) is 18.7. The number of nitrogens with zero attached hydrogens (tertiary/aromatic N) is 2. The predicted octanol–water partition coefficient (Wildman–Crippen LogP) is 3.98. The number of hydrogen-bond donors (Lipinski definition) is 2. The topological polar surface area (TPSA) is 78.1 Å². The van der Waals surface area contributed by atoms with E-state index in [1.807, 2.05) is 39.0 Å². The highest BCUT2D eigenvalue weighted by atomic mass is 16.2. The summed E-state index contributed by atoms with van der Waals surface area (Å²) >= 11 is 0. The summed E-state index contributed by atoms with van der Waals surface area (Å²) in [5.41, 5.74) is 4.07. The number of nitrogens with one attached hydrogen (secondary N) is 2. The lowest BCUT2D eigenvalue weighted by Crippen LogP contribution is -2.47. The lowest BCUT2D eigenvalue weighted by molar-refractivity contribution is -0.130. The van der Waals surface area contributed by atoms with Gasteiger partial charge in [-0.15, -0.1) is 0 Å². The number of aryl methyl sites for hydroxylation is 1. The largest absolute Gasteiger partial charge is 0.353 e. The van der Waals surface area contributed by atoms with Crippen LogP contribution in [0.25, 0.3) is 11.1 Å². The van der Waals surface area contributed by atoms with Crippen LogP contribution in [0.4, 0.5) is 0 Å². The Morgan fingerprint density at radius 2 is 1.78 bits per heavy atom. The van der Waals surface area contributed by atoms with Gasteiger partial charge < -0.3 is 10.2 Å². The Morgan fingerprint density at radius 3 is 2.41 bits per heavy atom. The van der Waals surface area contributed by atoms with E-state index in [4.69, 9.17) is 0 Å². The van der Waals surface area contributed by atoms with E-state index in [-0.39, 0.29) is 17.9 Å². The fourth-order valence-corrected chi connectivity index (χ4v) is 4.44. The molecular weight excluding hydrogens is 400 g/mol. The van der Waals surface area contributed by atoms with Crippen molar-refractivity contribution in [3.8, 4) is 11.1 Å². The Labute approximate surface area is 189 Å². The second kappa shape index (κ2) is 8.99. The number of rotatable bonds is 6. The van der Waals surface area contributed by atoms with Crippen LogP contribution >= 0.6 is 0 Å². The highest BCUT2D eigenvalue weighted by Crippen LogP contribution is 2.36. The molecule has 0 aliphatic carbocycles. The maximum Gasteiger partial charge on any atom is 0.257 e. The van der Waals surface area contributed by atoms with Crippen LogP contribution in [0.1, 0.15) is 41.9 Å². The van der Waals surface area contributed by atoms with Gasteiger partial charge in [-0.05, 0) is 50.3 Å². The summed E-state index contributed by atoms with van der Waals surface area (Å²) in [6.45, 7) is 6.72. The predicted molar refractivity (Wildman–Crippen MR) is 125 cm³/mol. The van der Waals surface area contributed by atoms with Crippen molar-refractivity contribution >= 4 is 11.8 Å². The Morgan fingerprint density at radius 1 is 1.09 bits per heavy atom. The van der Waals surface area contributed by atoms with Gasteiger partial charge in [0, 0.05) is 24.8 Å². The average molecular weight is 431 g/mol. The van der Waals surface area contributed by atoms with Crippen molar-refractivity contribution in [2.45, 2.75) is 39.7 Å². The van der Waals surface area contributed by atoms with E-state index < -0.39 is 5.41 Å². The molecule has 6 nitrogen and oxygen atoms in total. The van der Waals surface area contributed by atoms with Gasteiger partial charge in [0.1, 0.15) is 0 Å². The SMILES string of the molecule is Cc1[nH]ncc1C(=O)N1CC[C@](Cc2ccc(-c3ccccc3)cc2)(C(=O)NC(C)C)C1. The van der Waals surface area contributed by atoms with E-state index in [0.717, 1.165) is 16.8 Å². The Bertz CT molecular complexity index is 1090. The normalized spacial score (nSPS) is 18.2. The molecule has 166 valence electrons. The van der Waals surface area contributed by atoms with Crippen molar-refractivity contribution in [1.29, 1.82) is 0 Å². The molecule has 3 aromatic rings. The first-order valence-corrected chi connectivity index (χ1v) is 11.1. The molecule has 2 amide bonds. The zero-order valence-corrected chi connectivity index (χ0v) is 18.9. The second-order valence-corrected chi connectivity index (χ2v) is 9.03. The zero-order valence-electron chi connectivity index (χ0n) is 18.9. The van der Waals surface area contributed by atoms with Gasteiger partial charge in [0.25, 0.3) is 5.91 Å². The number of aromatic nitrogens is 2. The molecule has 4 rings (SSSR count). The van der Waals surface area contributed by atoms with E-state index in [1.165, 1.54) is 5.56 Å². The monoisotopic (exact) mass is 430 g/mol. The third-order valence-electron chi connectivity index (χ3n) is 6.21. The number of carbonyl (C=O) groups excluding carboxylic acids is 2. The standard InChI is InChI=1S/C26H30N4O2/c1-18(2)28-25(32)26(13-14-30(17-26)24(31)23-16-27-29-19(23)3)15-20-9-11-22(12-10-20)21-7-5-4-6-8-21/h4-12,16,18H,13-15,17H2,1-3H3,(H,27,29)(H,28,32)/t26-/m1/s1. The van der Waals surface area contributed by atoms with Gasteiger partial charge >= 0.3 is 0 Å². The summed E-state index contributed by atoms with van der Waals surface area (Å²) in [5.74, 6) is -0.0613. The molecule has 0 saturated carbocycles. The van der Waals surface area contributed by atoms with Crippen LogP contribution in [0.2, 0.25) is 0 Å². The van der Waals surface area contributed by atoms with Gasteiger partial charge in [-0.2, -0.15) is 5.10 Å². The fraction of sp³-hybridized carbons (Fsp3) is 0.346. The van der Waals surface area contributed by atoms with E-state index in [0.29, 0.717) is 31.5 Å². The van der Waals surface area contributed by atoms with E-state index >= 15 is 0 Å². The van der Waals surface area contributed by atoms with Crippen molar-refractivity contribution < 1.29 is 9.59 Å². The van der Waals surface area contributed by atoms with Gasteiger partial charge in [0.05, 0.1) is 17.2 Å². The van der Waals surface area contributed by atoms with Crippen LogP contribution in [0.15, 0.2) is 60.8 Å². The lowest BCUT2D eigenvalue weighted by atomic mass is 9.79. The van der Waals surface area contributed by atoms with E-state index in [9.17, 15) is 9.59 Å². The van der Waals surface area contributed by atoms with Crippen molar-refractivity contribution in [3.63, 3.8) is 0 Å². The molecule has 1 atom stereocenters. The quantitative estimate of drug-likeness (QED) is 0.621.